The first kappa shape index (κ1) is 12.1. The Kier molecular flexibility index (Phi) is 4.63. The number of nitrogens with two attached hydrogens (primary N) is 1. The van der Waals surface area contributed by atoms with Crippen LogP contribution in [0.25, 0.3) is 0 Å². The zero-order valence-electron chi connectivity index (χ0n) is 9.98. The van der Waals surface area contributed by atoms with Crippen LogP contribution in [0.3, 0.4) is 0 Å². The lowest BCUT2D eigenvalue weighted by Crippen LogP contribution is -2.36. The summed E-state index contributed by atoms with van der Waals surface area (Å²) in [5, 5.41) is 0. The fourth-order valence-electron chi connectivity index (χ4n) is 1.82. The van der Waals surface area contributed by atoms with Crippen molar-refractivity contribution in [2.45, 2.75) is 26.3 Å². The van der Waals surface area contributed by atoms with Gasteiger partial charge in [0.1, 0.15) is 0 Å². The molecular formula is C13H22N2. The van der Waals surface area contributed by atoms with Gasteiger partial charge in [-0.25, -0.2) is 0 Å². The van der Waals surface area contributed by atoms with Crippen LogP contribution in [0.1, 0.15) is 20.3 Å². The van der Waals surface area contributed by atoms with Gasteiger partial charge in [-0.05, 0) is 24.5 Å². The van der Waals surface area contributed by atoms with E-state index >= 15 is 0 Å². The summed E-state index contributed by atoms with van der Waals surface area (Å²) in [4.78, 5) is 2.22. The third-order valence-corrected chi connectivity index (χ3v) is 2.48. The van der Waals surface area contributed by atoms with Gasteiger partial charge in [-0.1, -0.05) is 32.0 Å². The Bertz CT molecular complexity index is 269. The number of anilines is 1. The molecule has 0 aromatic heterocycles. The number of rotatable bonds is 5. The van der Waals surface area contributed by atoms with Crippen LogP contribution in [-0.4, -0.2) is 19.6 Å². The summed E-state index contributed by atoms with van der Waals surface area (Å²) in [7, 11) is 2.09. The highest BCUT2D eigenvalue weighted by atomic mass is 15.1. The number of nitrogens with zero attached hydrogens (tertiary/aromatic N) is 1. The molecule has 1 rings (SSSR count). The molecule has 84 valence electrons. The van der Waals surface area contributed by atoms with E-state index in [1.165, 1.54) is 5.69 Å². The zero-order valence-corrected chi connectivity index (χ0v) is 9.98. The molecule has 0 saturated carbocycles. The average molecular weight is 206 g/mol. The minimum atomic E-state index is 0.259. The molecule has 2 heteroatoms. The van der Waals surface area contributed by atoms with Crippen molar-refractivity contribution in [3.63, 3.8) is 0 Å². The number of hydrogen-bond acceptors (Lipinski definition) is 2. The van der Waals surface area contributed by atoms with E-state index in [2.05, 4.69) is 50.1 Å². The number of likely N-dealkylation sites (N-methyl/N-ethyl adjacent to an activating group) is 1. The molecule has 0 bridgehead atoms. The van der Waals surface area contributed by atoms with E-state index in [9.17, 15) is 0 Å². The molecular weight excluding hydrogens is 184 g/mol. The molecule has 0 aliphatic carbocycles. The minimum absolute atomic E-state index is 0.259. The maximum absolute atomic E-state index is 6.07. The summed E-state index contributed by atoms with van der Waals surface area (Å²) in [6, 6.07) is 10.6. The van der Waals surface area contributed by atoms with Crippen molar-refractivity contribution < 1.29 is 0 Å². The fourth-order valence-corrected chi connectivity index (χ4v) is 1.82. The molecule has 15 heavy (non-hydrogen) atoms. The van der Waals surface area contributed by atoms with E-state index in [0.29, 0.717) is 5.92 Å². The van der Waals surface area contributed by atoms with Crippen LogP contribution in [0.2, 0.25) is 0 Å². The molecule has 1 aromatic carbocycles. The molecule has 0 saturated heterocycles. The van der Waals surface area contributed by atoms with E-state index in [-0.39, 0.29) is 6.04 Å². The first-order valence-electron chi connectivity index (χ1n) is 5.61. The van der Waals surface area contributed by atoms with Gasteiger partial charge in [0.2, 0.25) is 0 Å². The van der Waals surface area contributed by atoms with Crippen LogP contribution in [0, 0.1) is 5.92 Å². The smallest absolute Gasteiger partial charge is 0.0364 e. The summed E-state index contributed by atoms with van der Waals surface area (Å²) in [5.41, 5.74) is 7.30. The molecule has 0 radical (unpaired) electrons. The third-order valence-electron chi connectivity index (χ3n) is 2.48. The van der Waals surface area contributed by atoms with Crippen molar-refractivity contribution in [2.24, 2.45) is 11.7 Å². The largest absolute Gasteiger partial charge is 0.373 e. The number of hydrogen-bond donors (Lipinski definition) is 1. The van der Waals surface area contributed by atoms with Crippen molar-refractivity contribution in [1.29, 1.82) is 0 Å². The molecule has 0 aliphatic heterocycles. The van der Waals surface area contributed by atoms with E-state index in [4.69, 9.17) is 5.73 Å². The van der Waals surface area contributed by atoms with Crippen molar-refractivity contribution in [3.8, 4) is 0 Å². The highest BCUT2D eigenvalue weighted by Crippen LogP contribution is 2.12. The molecule has 0 fully saturated rings. The highest BCUT2D eigenvalue weighted by Gasteiger charge is 2.08. The van der Waals surface area contributed by atoms with Gasteiger partial charge in [0, 0.05) is 25.3 Å². The lowest BCUT2D eigenvalue weighted by molar-refractivity contribution is 0.495. The maximum atomic E-state index is 6.07. The molecule has 1 aromatic rings. The standard InChI is InChI=1S/C13H22N2/c1-11(2)9-12(14)10-15(3)13-7-5-4-6-8-13/h4-8,11-12H,9-10,14H2,1-3H3. The van der Waals surface area contributed by atoms with E-state index in [1.807, 2.05) is 6.07 Å². The van der Waals surface area contributed by atoms with E-state index in [1.54, 1.807) is 0 Å². The van der Waals surface area contributed by atoms with Crippen LogP contribution < -0.4 is 10.6 Å². The lowest BCUT2D eigenvalue weighted by Gasteiger charge is -2.24. The Morgan fingerprint density at radius 2 is 1.80 bits per heavy atom. The van der Waals surface area contributed by atoms with Gasteiger partial charge >= 0.3 is 0 Å². The van der Waals surface area contributed by atoms with E-state index in [0.717, 1.165) is 13.0 Å². The third kappa shape index (κ3) is 4.34. The van der Waals surface area contributed by atoms with Gasteiger partial charge in [0.15, 0.2) is 0 Å². The van der Waals surface area contributed by atoms with E-state index < -0.39 is 0 Å². The van der Waals surface area contributed by atoms with Gasteiger partial charge < -0.3 is 10.6 Å². The molecule has 0 spiro atoms. The van der Waals surface area contributed by atoms with Crippen molar-refractivity contribution in [1.82, 2.24) is 0 Å². The number of para-hydroxylation sites is 1. The molecule has 0 heterocycles. The van der Waals surface area contributed by atoms with Crippen LogP contribution >= 0.6 is 0 Å². The van der Waals surface area contributed by atoms with Gasteiger partial charge in [0.25, 0.3) is 0 Å². The highest BCUT2D eigenvalue weighted by molar-refractivity contribution is 5.45. The quantitative estimate of drug-likeness (QED) is 0.802. The van der Waals surface area contributed by atoms with Gasteiger partial charge in [0.05, 0.1) is 0 Å². The molecule has 2 N–H and O–H groups in total. The predicted octanol–water partition coefficient (Wildman–Crippen LogP) is 2.50. The topological polar surface area (TPSA) is 29.3 Å². The van der Waals surface area contributed by atoms with Crippen LogP contribution in [0.5, 0.6) is 0 Å². The Morgan fingerprint density at radius 3 is 2.33 bits per heavy atom. The Hall–Kier alpha value is -1.02. The maximum Gasteiger partial charge on any atom is 0.0364 e. The minimum Gasteiger partial charge on any atom is -0.373 e. The molecule has 1 atom stereocenters. The summed E-state index contributed by atoms with van der Waals surface area (Å²) in [5.74, 6) is 0.671. The van der Waals surface area contributed by atoms with Gasteiger partial charge in [-0.3, -0.25) is 0 Å². The average Bonchev–Trinajstić information content (AvgIpc) is 2.17. The molecule has 2 nitrogen and oxygen atoms in total. The Balaban J connectivity index is 2.45. The first-order valence-corrected chi connectivity index (χ1v) is 5.61. The van der Waals surface area contributed by atoms with Crippen molar-refractivity contribution in [2.75, 3.05) is 18.5 Å². The van der Waals surface area contributed by atoms with Crippen molar-refractivity contribution >= 4 is 5.69 Å². The Labute approximate surface area is 93.1 Å². The second-order valence-electron chi connectivity index (χ2n) is 4.61. The SMILES string of the molecule is CC(C)CC(N)CN(C)c1ccccc1. The van der Waals surface area contributed by atoms with Crippen LogP contribution in [0.15, 0.2) is 30.3 Å². The molecule has 0 amide bonds. The predicted molar refractivity (Wildman–Crippen MR) is 67.1 cm³/mol. The second kappa shape index (κ2) is 5.76. The van der Waals surface area contributed by atoms with Gasteiger partial charge in [-0.2, -0.15) is 0 Å². The normalized spacial score (nSPS) is 12.9. The molecule has 0 aliphatic rings. The monoisotopic (exact) mass is 206 g/mol. The van der Waals surface area contributed by atoms with Crippen LogP contribution in [0.4, 0.5) is 5.69 Å². The summed E-state index contributed by atoms with van der Waals surface area (Å²) in [6.45, 7) is 5.34. The molecule has 1 unspecified atom stereocenters. The second-order valence-corrected chi connectivity index (χ2v) is 4.61. The summed E-state index contributed by atoms with van der Waals surface area (Å²) < 4.78 is 0. The fraction of sp³-hybridized carbons (Fsp3) is 0.538. The summed E-state index contributed by atoms with van der Waals surface area (Å²) >= 11 is 0. The zero-order chi connectivity index (χ0) is 11.3. The first-order chi connectivity index (χ1) is 7.09. The number of benzene rings is 1. The van der Waals surface area contributed by atoms with Gasteiger partial charge in [-0.15, -0.1) is 0 Å². The van der Waals surface area contributed by atoms with Crippen molar-refractivity contribution in [3.05, 3.63) is 30.3 Å². The Morgan fingerprint density at radius 1 is 1.20 bits per heavy atom. The lowest BCUT2D eigenvalue weighted by atomic mass is 10.0. The van der Waals surface area contributed by atoms with Crippen LogP contribution in [-0.2, 0) is 0 Å². The summed E-state index contributed by atoms with van der Waals surface area (Å²) in [6.07, 6.45) is 1.08.